The standard InChI is InChI=1S/C20H24Cl2O4/c1-6-20(24)12(2)9-15(11-19(20,4)5)26-18(23)13(3)25-17-8-7-14(21)10-16(17)22/h1,7-8,10,12-13,15,24H,9,11H2,2-5H3/t12-,13-,15-,20+/m1/s1. The second kappa shape index (κ2) is 7.68. The molecule has 0 amide bonds. The van der Waals surface area contributed by atoms with Crippen LogP contribution in [0.3, 0.4) is 0 Å². The Labute approximate surface area is 164 Å². The molecule has 0 heterocycles. The van der Waals surface area contributed by atoms with Gasteiger partial charge in [-0.05, 0) is 38.0 Å². The maximum absolute atomic E-state index is 12.4. The Kier molecular flexibility index (Phi) is 6.17. The molecule has 1 aromatic carbocycles. The topological polar surface area (TPSA) is 55.8 Å². The number of terminal acetylenes is 1. The Morgan fingerprint density at radius 3 is 2.62 bits per heavy atom. The molecule has 4 nitrogen and oxygen atoms in total. The lowest BCUT2D eigenvalue weighted by atomic mass is 9.60. The summed E-state index contributed by atoms with van der Waals surface area (Å²) >= 11 is 11.9. The number of carbonyl (C=O) groups excluding carboxylic acids is 1. The molecule has 0 radical (unpaired) electrons. The lowest BCUT2D eigenvalue weighted by Gasteiger charge is -2.49. The molecule has 0 aliphatic heterocycles. The van der Waals surface area contributed by atoms with Gasteiger partial charge in [-0.25, -0.2) is 4.79 Å². The van der Waals surface area contributed by atoms with Crippen LogP contribution in [-0.4, -0.2) is 28.9 Å². The van der Waals surface area contributed by atoms with Crippen LogP contribution in [0.5, 0.6) is 5.75 Å². The minimum absolute atomic E-state index is 0.198. The summed E-state index contributed by atoms with van der Waals surface area (Å²) in [5.74, 6) is 2.20. The van der Waals surface area contributed by atoms with E-state index in [0.717, 1.165) is 0 Å². The highest BCUT2D eigenvalue weighted by Gasteiger charge is 2.52. The average Bonchev–Trinajstić information content (AvgIpc) is 2.54. The fourth-order valence-corrected chi connectivity index (χ4v) is 3.99. The third kappa shape index (κ3) is 4.11. The van der Waals surface area contributed by atoms with Crippen LogP contribution in [0.2, 0.25) is 10.0 Å². The first-order valence-electron chi connectivity index (χ1n) is 8.52. The molecule has 0 saturated heterocycles. The molecule has 1 aromatic rings. The second-order valence-corrected chi connectivity index (χ2v) is 8.37. The van der Waals surface area contributed by atoms with Gasteiger partial charge in [-0.2, -0.15) is 0 Å². The molecule has 4 atom stereocenters. The van der Waals surface area contributed by atoms with Crippen LogP contribution in [0.25, 0.3) is 0 Å². The van der Waals surface area contributed by atoms with Gasteiger partial charge in [-0.15, -0.1) is 6.42 Å². The zero-order valence-corrected chi connectivity index (χ0v) is 16.9. The molecule has 0 spiro atoms. The highest BCUT2D eigenvalue weighted by Crippen LogP contribution is 2.47. The Bertz CT molecular complexity index is 725. The first kappa shape index (κ1) is 20.9. The average molecular weight is 399 g/mol. The molecule has 2 rings (SSSR count). The fourth-order valence-electron chi connectivity index (χ4n) is 3.54. The van der Waals surface area contributed by atoms with E-state index in [1.54, 1.807) is 25.1 Å². The Morgan fingerprint density at radius 1 is 1.42 bits per heavy atom. The van der Waals surface area contributed by atoms with Gasteiger partial charge in [0.05, 0.1) is 5.02 Å². The predicted molar refractivity (Wildman–Crippen MR) is 102 cm³/mol. The largest absolute Gasteiger partial charge is 0.477 e. The molecule has 0 aromatic heterocycles. The molecular weight excluding hydrogens is 375 g/mol. The van der Waals surface area contributed by atoms with E-state index in [4.69, 9.17) is 39.1 Å². The molecule has 142 valence electrons. The summed E-state index contributed by atoms with van der Waals surface area (Å²) in [4.78, 5) is 12.4. The van der Waals surface area contributed by atoms with Crippen molar-refractivity contribution in [2.24, 2.45) is 11.3 Å². The third-order valence-corrected chi connectivity index (χ3v) is 5.66. The van der Waals surface area contributed by atoms with E-state index in [-0.39, 0.29) is 12.0 Å². The normalized spacial score (nSPS) is 28.7. The van der Waals surface area contributed by atoms with Crippen molar-refractivity contribution in [2.45, 2.75) is 58.3 Å². The van der Waals surface area contributed by atoms with Crippen LogP contribution in [-0.2, 0) is 9.53 Å². The predicted octanol–water partition coefficient (Wildman–Crippen LogP) is 4.49. The van der Waals surface area contributed by atoms with Gasteiger partial charge in [0.2, 0.25) is 0 Å². The van der Waals surface area contributed by atoms with Crippen LogP contribution in [0.15, 0.2) is 18.2 Å². The van der Waals surface area contributed by atoms with Crippen molar-refractivity contribution in [3.63, 3.8) is 0 Å². The van der Waals surface area contributed by atoms with Crippen molar-refractivity contribution in [3.8, 4) is 18.1 Å². The van der Waals surface area contributed by atoms with Gasteiger partial charge in [0.15, 0.2) is 6.10 Å². The Balaban J connectivity index is 2.02. The van der Waals surface area contributed by atoms with E-state index in [2.05, 4.69) is 5.92 Å². The minimum Gasteiger partial charge on any atom is -0.477 e. The molecule has 0 bridgehead atoms. The van der Waals surface area contributed by atoms with Gasteiger partial charge >= 0.3 is 5.97 Å². The number of hydrogen-bond acceptors (Lipinski definition) is 4. The van der Waals surface area contributed by atoms with E-state index in [1.807, 2.05) is 20.8 Å². The lowest BCUT2D eigenvalue weighted by molar-refractivity contribution is -0.172. The maximum atomic E-state index is 12.4. The van der Waals surface area contributed by atoms with Crippen molar-refractivity contribution >= 4 is 29.2 Å². The number of ether oxygens (including phenoxy) is 2. The lowest BCUT2D eigenvalue weighted by Crippen LogP contribution is -2.55. The van der Waals surface area contributed by atoms with Gasteiger partial charge in [0.1, 0.15) is 17.5 Å². The number of aliphatic hydroxyl groups is 1. The van der Waals surface area contributed by atoms with Gasteiger partial charge in [0.25, 0.3) is 0 Å². The van der Waals surface area contributed by atoms with Crippen LogP contribution < -0.4 is 4.74 Å². The number of carbonyl (C=O) groups is 1. The highest BCUT2D eigenvalue weighted by molar-refractivity contribution is 6.35. The van der Waals surface area contributed by atoms with Crippen LogP contribution in [0.1, 0.15) is 40.5 Å². The van der Waals surface area contributed by atoms with Crippen LogP contribution >= 0.6 is 23.2 Å². The monoisotopic (exact) mass is 398 g/mol. The maximum Gasteiger partial charge on any atom is 0.347 e. The molecular formula is C20H24Cl2O4. The quantitative estimate of drug-likeness (QED) is 0.599. The molecule has 6 heteroatoms. The van der Waals surface area contributed by atoms with E-state index >= 15 is 0 Å². The SMILES string of the molecule is C#C[C@]1(O)[C@H](C)C[C@@H](OC(=O)[C@@H](C)Oc2ccc(Cl)cc2Cl)CC1(C)C. The van der Waals surface area contributed by atoms with Gasteiger partial charge < -0.3 is 14.6 Å². The minimum atomic E-state index is -1.23. The molecule has 1 N–H and O–H groups in total. The number of halogens is 2. The number of hydrogen-bond donors (Lipinski definition) is 1. The molecule has 1 aliphatic rings. The Morgan fingerprint density at radius 2 is 2.08 bits per heavy atom. The highest BCUT2D eigenvalue weighted by atomic mass is 35.5. The zero-order valence-electron chi connectivity index (χ0n) is 15.4. The van der Waals surface area contributed by atoms with Gasteiger partial charge in [-0.1, -0.05) is 49.9 Å². The molecule has 1 saturated carbocycles. The van der Waals surface area contributed by atoms with Gasteiger partial charge in [0, 0.05) is 16.4 Å². The first-order valence-corrected chi connectivity index (χ1v) is 9.28. The fraction of sp³-hybridized carbons (Fsp3) is 0.550. The molecule has 0 unspecified atom stereocenters. The Hall–Kier alpha value is -1.41. The van der Waals surface area contributed by atoms with Crippen molar-refractivity contribution in [1.29, 1.82) is 0 Å². The summed E-state index contributed by atoms with van der Waals surface area (Å²) in [7, 11) is 0. The smallest absolute Gasteiger partial charge is 0.347 e. The summed E-state index contributed by atoms with van der Waals surface area (Å²) in [5.41, 5.74) is -1.80. The molecule has 1 aliphatic carbocycles. The van der Waals surface area contributed by atoms with Crippen molar-refractivity contribution < 1.29 is 19.4 Å². The van der Waals surface area contributed by atoms with E-state index in [0.29, 0.717) is 28.6 Å². The first-order chi connectivity index (χ1) is 12.0. The van der Waals surface area contributed by atoms with E-state index < -0.39 is 23.1 Å². The molecule has 26 heavy (non-hydrogen) atoms. The van der Waals surface area contributed by atoms with Crippen LogP contribution in [0.4, 0.5) is 0 Å². The van der Waals surface area contributed by atoms with Crippen molar-refractivity contribution in [1.82, 2.24) is 0 Å². The zero-order chi connectivity index (χ0) is 19.7. The number of esters is 1. The van der Waals surface area contributed by atoms with E-state index in [1.165, 1.54) is 0 Å². The van der Waals surface area contributed by atoms with Crippen LogP contribution in [0, 0.1) is 23.7 Å². The van der Waals surface area contributed by atoms with Crippen molar-refractivity contribution in [3.05, 3.63) is 28.2 Å². The summed E-state index contributed by atoms with van der Waals surface area (Å²) in [6.07, 6.45) is 5.35. The third-order valence-electron chi connectivity index (χ3n) is 5.13. The number of benzene rings is 1. The van der Waals surface area contributed by atoms with Gasteiger partial charge in [-0.3, -0.25) is 0 Å². The van der Waals surface area contributed by atoms with E-state index in [9.17, 15) is 9.90 Å². The van der Waals surface area contributed by atoms with Crippen molar-refractivity contribution in [2.75, 3.05) is 0 Å². The summed E-state index contributed by atoms with van der Waals surface area (Å²) in [6, 6.07) is 4.78. The summed E-state index contributed by atoms with van der Waals surface area (Å²) in [6.45, 7) is 7.24. The number of rotatable bonds is 4. The summed E-state index contributed by atoms with van der Waals surface area (Å²) in [5, 5.41) is 11.6. The molecule has 1 fully saturated rings. The second-order valence-electron chi connectivity index (χ2n) is 7.53. The summed E-state index contributed by atoms with van der Waals surface area (Å²) < 4.78 is 11.2.